The molecule has 1 aromatic heterocycles. The van der Waals surface area contributed by atoms with Gasteiger partial charge >= 0.3 is 0 Å². The van der Waals surface area contributed by atoms with Crippen LogP contribution in [0.25, 0.3) is 5.69 Å². The van der Waals surface area contributed by atoms with Gasteiger partial charge in [-0.2, -0.15) is 16.9 Å². The van der Waals surface area contributed by atoms with E-state index >= 15 is 0 Å². The summed E-state index contributed by atoms with van der Waals surface area (Å²) in [5.74, 6) is 2.10. The second kappa shape index (κ2) is 8.79. The molecule has 0 amide bonds. The molecule has 0 bridgehead atoms. The van der Waals surface area contributed by atoms with Crippen molar-refractivity contribution >= 4 is 11.8 Å². The molecule has 2 rings (SSSR count). The van der Waals surface area contributed by atoms with E-state index in [-0.39, 0.29) is 6.61 Å². The van der Waals surface area contributed by atoms with E-state index in [1.165, 1.54) is 0 Å². The summed E-state index contributed by atoms with van der Waals surface area (Å²) in [5.41, 5.74) is 2.13. The predicted octanol–water partition coefficient (Wildman–Crippen LogP) is 2.08. The smallest absolute Gasteiger partial charge is 0.0766 e. The SMILES string of the molecule is OCCCSCCNCc1ccn(-c2ccccc2)n1. The van der Waals surface area contributed by atoms with Crippen molar-refractivity contribution in [2.45, 2.75) is 13.0 Å². The molecule has 0 aliphatic rings. The van der Waals surface area contributed by atoms with Crippen LogP contribution in [-0.2, 0) is 6.54 Å². The van der Waals surface area contributed by atoms with Crippen molar-refractivity contribution in [1.82, 2.24) is 15.1 Å². The number of benzene rings is 1. The second-order valence-corrected chi connectivity index (χ2v) is 5.68. The molecule has 2 N–H and O–H groups in total. The molecule has 0 aliphatic carbocycles. The lowest BCUT2D eigenvalue weighted by molar-refractivity contribution is 0.296. The Morgan fingerprint density at radius 2 is 2.00 bits per heavy atom. The van der Waals surface area contributed by atoms with Crippen LogP contribution in [-0.4, -0.2) is 39.5 Å². The highest BCUT2D eigenvalue weighted by Crippen LogP contribution is 2.06. The molecule has 5 heteroatoms. The Bertz CT molecular complexity index is 487. The number of para-hydroxylation sites is 1. The van der Waals surface area contributed by atoms with Crippen LogP contribution in [0.5, 0.6) is 0 Å². The Balaban J connectivity index is 1.69. The fraction of sp³-hybridized carbons (Fsp3) is 0.400. The number of aliphatic hydroxyl groups is 1. The number of hydrogen-bond acceptors (Lipinski definition) is 4. The van der Waals surface area contributed by atoms with Crippen LogP contribution in [0.3, 0.4) is 0 Å². The fourth-order valence-electron chi connectivity index (χ4n) is 1.81. The van der Waals surface area contributed by atoms with Gasteiger partial charge in [0.05, 0.1) is 11.4 Å². The van der Waals surface area contributed by atoms with Crippen molar-refractivity contribution in [2.75, 3.05) is 24.7 Å². The molecule has 0 saturated carbocycles. The number of aromatic nitrogens is 2. The molecule has 2 aromatic rings. The normalized spacial score (nSPS) is 10.8. The first-order valence-corrected chi connectivity index (χ1v) is 8.05. The maximum absolute atomic E-state index is 8.67. The minimum atomic E-state index is 0.289. The first kappa shape index (κ1) is 15.1. The molecule has 108 valence electrons. The van der Waals surface area contributed by atoms with Gasteiger partial charge in [0.15, 0.2) is 0 Å². The molecular weight excluding hydrogens is 270 g/mol. The number of nitrogens with zero attached hydrogens (tertiary/aromatic N) is 2. The quantitative estimate of drug-likeness (QED) is 0.695. The van der Waals surface area contributed by atoms with Crippen LogP contribution in [0.15, 0.2) is 42.6 Å². The van der Waals surface area contributed by atoms with Crippen molar-refractivity contribution in [3.8, 4) is 5.69 Å². The van der Waals surface area contributed by atoms with E-state index in [1.807, 2.05) is 59.0 Å². The van der Waals surface area contributed by atoms with Gasteiger partial charge in [0.1, 0.15) is 0 Å². The van der Waals surface area contributed by atoms with Gasteiger partial charge < -0.3 is 10.4 Å². The number of hydrogen-bond donors (Lipinski definition) is 2. The zero-order chi connectivity index (χ0) is 14.0. The van der Waals surface area contributed by atoms with E-state index in [2.05, 4.69) is 10.4 Å². The molecule has 1 aromatic carbocycles. The fourth-order valence-corrected chi connectivity index (χ4v) is 2.64. The van der Waals surface area contributed by atoms with E-state index < -0.39 is 0 Å². The van der Waals surface area contributed by atoms with Gasteiger partial charge in [0.25, 0.3) is 0 Å². The zero-order valence-corrected chi connectivity index (χ0v) is 12.4. The Hall–Kier alpha value is -1.30. The third-order valence-electron chi connectivity index (χ3n) is 2.84. The van der Waals surface area contributed by atoms with Crippen molar-refractivity contribution < 1.29 is 5.11 Å². The topological polar surface area (TPSA) is 50.1 Å². The minimum absolute atomic E-state index is 0.289. The molecule has 0 atom stereocenters. The highest BCUT2D eigenvalue weighted by molar-refractivity contribution is 7.99. The van der Waals surface area contributed by atoms with Crippen LogP contribution >= 0.6 is 11.8 Å². The maximum atomic E-state index is 8.67. The van der Waals surface area contributed by atoms with Crippen molar-refractivity contribution in [2.24, 2.45) is 0 Å². The Kier molecular flexibility index (Phi) is 6.63. The van der Waals surface area contributed by atoms with Crippen LogP contribution in [0.2, 0.25) is 0 Å². The molecule has 1 heterocycles. The summed E-state index contributed by atoms with van der Waals surface area (Å²) in [7, 11) is 0. The summed E-state index contributed by atoms with van der Waals surface area (Å²) in [5, 5.41) is 16.6. The van der Waals surface area contributed by atoms with Crippen LogP contribution in [0.4, 0.5) is 0 Å². The molecule has 0 fully saturated rings. The largest absolute Gasteiger partial charge is 0.396 e. The number of rotatable bonds is 9. The van der Waals surface area contributed by atoms with Crippen LogP contribution in [0, 0.1) is 0 Å². The lowest BCUT2D eigenvalue weighted by Gasteiger charge is -2.03. The average Bonchev–Trinajstić information content (AvgIpc) is 2.96. The average molecular weight is 291 g/mol. The summed E-state index contributed by atoms with van der Waals surface area (Å²) in [6, 6.07) is 12.2. The predicted molar refractivity (Wildman–Crippen MR) is 84.3 cm³/mol. The maximum Gasteiger partial charge on any atom is 0.0766 e. The third kappa shape index (κ3) is 5.00. The van der Waals surface area contributed by atoms with E-state index in [0.29, 0.717) is 0 Å². The van der Waals surface area contributed by atoms with E-state index in [4.69, 9.17) is 5.11 Å². The van der Waals surface area contributed by atoms with Gasteiger partial charge in [0, 0.05) is 31.6 Å². The summed E-state index contributed by atoms with van der Waals surface area (Å²) in [4.78, 5) is 0. The van der Waals surface area contributed by atoms with Gasteiger partial charge in [0.2, 0.25) is 0 Å². The first-order chi connectivity index (χ1) is 9.90. The molecule has 20 heavy (non-hydrogen) atoms. The van der Waals surface area contributed by atoms with Gasteiger partial charge in [-0.1, -0.05) is 18.2 Å². The lowest BCUT2D eigenvalue weighted by atomic mass is 10.3. The van der Waals surface area contributed by atoms with Crippen molar-refractivity contribution in [1.29, 1.82) is 0 Å². The van der Waals surface area contributed by atoms with Gasteiger partial charge in [-0.25, -0.2) is 4.68 Å². The highest BCUT2D eigenvalue weighted by Gasteiger charge is 2.00. The van der Waals surface area contributed by atoms with Crippen LogP contribution < -0.4 is 5.32 Å². The van der Waals surface area contributed by atoms with Crippen molar-refractivity contribution in [3.05, 3.63) is 48.3 Å². The molecule has 0 spiro atoms. The Labute approximate surface area is 124 Å². The summed E-state index contributed by atoms with van der Waals surface area (Å²) in [6.45, 7) is 2.05. The summed E-state index contributed by atoms with van der Waals surface area (Å²) < 4.78 is 1.90. The van der Waals surface area contributed by atoms with Gasteiger partial charge in [-0.05, 0) is 30.4 Å². The van der Waals surface area contributed by atoms with Gasteiger partial charge in [-0.15, -0.1) is 0 Å². The van der Waals surface area contributed by atoms with Crippen LogP contribution in [0.1, 0.15) is 12.1 Å². The molecular formula is C15H21N3OS. The monoisotopic (exact) mass is 291 g/mol. The molecule has 0 aliphatic heterocycles. The lowest BCUT2D eigenvalue weighted by Crippen LogP contribution is -2.17. The van der Waals surface area contributed by atoms with E-state index in [0.717, 1.165) is 42.4 Å². The Morgan fingerprint density at radius 1 is 1.15 bits per heavy atom. The summed E-state index contributed by atoms with van der Waals surface area (Å²) >= 11 is 1.87. The zero-order valence-electron chi connectivity index (χ0n) is 11.5. The van der Waals surface area contributed by atoms with E-state index in [1.54, 1.807) is 0 Å². The standard InChI is InChI=1S/C15H21N3OS/c19-10-4-11-20-12-8-16-13-14-7-9-18(17-14)15-5-2-1-3-6-15/h1-3,5-7,9,16,19H,4,8,10-13H2. The third-order valence-corrected chi connectivity index (χ3v) is 3.91. The van der Waals surface area contributed by atoms with Gasteiger partial charge in [-0.3, -0.25) is 0 Å². The minimum Gasteiger partial charge on any atom is -0.396 e. The van der Waals surface area contributed by atoms with Crippen molar-refractivity contribution in [3.63, 3.8) is 0 Å². The molecule has 0 unspecified atom stereocenters. The number of nitrogens with one attached hydrogen (secondary N) is 1. The number of aliphatic hydroxyl groups excluding tert-OH is 1. The molecule has 0 saturated heterocycles. The second-order valence-electron chi connectivity index (χ2n) is 4.45. The Morgan fingerprint density at radius 3 is 2.80 bits per heavy atom. The van der Waals surface area contributed by atoms with E-state index in [9.17, 15) is 0 Å². The number of thioether (sulfide) groups is 1. The molecule has 4 nitrogen and oxygen atoms in total. The first-order valence-electron chi connectivity index (χ1n) is 6.89. The molecule has 0 radical (unpaired) electrons. The summed E-state index contributed by atoms with van der Waals surface area (Å²) in [6.07, 6.45) is 2.87. The highest BCUT2D eigenvalue weighted by atomic mass is 32.2.